The Balaban J connectivity index is 2.13. The number of rotatable bonds is 6. The third-order valence-corrected chi connectivity index (χ3v) is 4.59. The van der Waals surface area contributed by atoms with E-state index in [-0.39, 0.29) is 12.1 Å². The predicted molar refractivity (Wildman–Crippen MR) is 80.1 cm³/mol. The summed E-state index contributed by atoms with van der Waals surface area (Å²) in [5, 5.41) is 14.2. The molecule has 0 amide bonds. The minimum atomic E-state index is -3.97. The Bertz CT molecular complexity index is 764. The molecule has 0 unspecified atom stereocenters. The molecule has 0 aliphatic carbocycles. The lowest BCUT2D eigenvalue weighted by molar-refractivity contribution is 0.0692. The number of benzene rings is 1. The third-order valence-electron chi connectivity index (χ3n) is 3.22. The molecule has 8 heteroatoms. The Hall–Kier alpha value is -2.19. The van der Waals surface area contributed by atoms with E-state index in [1.54, 1.807) is 0 Å². The first-order chi connectivity index (χ1) is 10.3. The number of carboxylic acid groups (broad SMARTS) is 1. The molecular formula is C14H17N3O4S. The van der Waals surface area contributed by atoms with Crippen LogP contribution < -0.4 is 4.72 Å². The summed E-state index contributed by atoms with van der Waals surface area (Å²) in [6.07, 6.45) is 0.967. The van der Waals surface area contributed by atoms with Crippen molar-refractivity contribution >= 4 is 16.0 Å². The third kappa shape index (κ3) is 3.52. The quantitative estimate of drug-likeness (QED) is 0.749. The molecule has 1 aromatic heterocycles. The van der Waals surface area contributed by atoms with Crippen molar-refractivity contribution in [2.45, 2.75) is 31.3 Å². The van der Waals surface area contributed by atoms with Crippen molar-refractivity contribution in [1.29, 1.82) is 0 Å². The highest BCUT2D eigenvalue weighted by Gasteiger charge is 2.24. The van der Waals surface area contributed by atoms with Crippen molar-refractivity contribution in [2.24, 2.45) is 0 Å². The first kappa shape index (κ1) is 16.2. The van der Waals surface area contributed by atoms with Gasteiger partial charge in [-0.25, -0.2) is 17.9 Å². The van der Waals surface area contributed by atoms with Crippen molar-refractivity contribution in [3.63, 3.8) is 0 Å². The summed E-state index contributed by atoms with van der Waals surface area (Å²) in [6, 6.07) is 7.55. The maximum Gasteiger partial charge on any atom is 0.340 e. The molecule has 0 atom stereocenters. The smallest absolute Gasteiger partial charge is 0.340 e. The van der Waals surface area contributed by atoms with E-state index in [0.717, 1.165) is 17.3 Å². The van der Waals surface area contributed by atoms with E-state index in [4.69, 9.17) is 5.11 Å². The second-order valence-electron chi connectivity index (χ2n) is 5.14. The zero-order valence-electron chi connectivity index (χ0n) is 12.2. The number of hydrogen-bond acceptors (Lipinski definition) is 4. The number of nitrogens with one attached hydrogen (secondary N) is 2. The standard InChI is InChI=1S/C14H17N3O4S/c1-9(2)11-5-3-10(4-6-11)7-16-22(20,21)13-12(14(18)19)8-15-17-13/h3-6,8-9,16H,7H2,1-2H3,(H,15,17)(H,18,19). The summed E-state index contributed by atoms with van der Waals surface area (Å²) in [4.78, 5) is 11.0. The van der Waals surface area contributed by atoms with Crippen LogP contribution >= 0.6 is 0 Å². The van der Waals surface area contributed by atoms with Crippen LogP contribution in [0.2, 0.25) is 0 Å². The molecule has 0 fully saturated rings. The molecular weight excluding hydrogens is 306 g/mol. The Kier molecular flexibility index (Phi) is 4.62. The normalized spacial score (nSPS) is 11.8. The highest BCUT2D eigenvalue weighted by molar-refractivity contribution is 7.89. The van der Waals surface area contributed by atoms with Gasteiger partial charge in [0, 0.05) is 6.54 Å². The summed E-state index contributed by atoms with van der Waals surface area (Å²) in [7, 11) is -3.97. The van der Waals surface area contributed by atoms with Gasteiger partial charge < -0.3 is 5.11 Å². The number of carbonyl (C=O) groups is 1. The lowest BCUT2D eigenvalue weighted by Crippen LogP contribution is -2.25. The number of sulfonamides is 1. The van der Waals surface area contributed by atoms with Crippen LogP contribution in [0.5, 0.6) is 0 Å². The Morgan fingerprint density at radius 2 is 1.95 bits per heavy atom. The fourth-order valence-corrected chi connectivity index (χ4v) is 3.01. The van der Waals surface area contributed by atoms with E-state index < -0.39 is 21.0 Å². The topological polar surface area (TPSA) is 112 Å². The fourth-order valence-electron chi connectivity index (χ4n) is 1.90. The largest absolute Gasteiger partial charge is 0.478 e. The van der Waals surface area contributed by atoms with Crippen LogP contribution in [0.25, 0.3) is 0 Å². The van der Waals surface area contributed by atoms with Crippen molar-refractivity contribution in [3.05, 3.63) is 47.2 Å². The van der Waals surface area contributed by atoms with Crippen LogP contribution in [-0.4, -0.2) is 29.7 Å². The van der Waals surface area contributed by atoms with Crippen molar-refractivity contribution in [2.75, 3.05) is 0 Å². The van der Waals surface area contributed by atoms with E-state index in [2.05, 4.69) is 28.8 Å². The van der Waals surface area contributed by atoms with E-state index in [9.17, 15) is 13.2 Å². The molecule has 2 aromatic rings. The van der Waals surface area contributed by atoms with E-state index in [1.165, 1.54) is 0 Å². The van der Waals surface area contributed by atoms with Crippen LogP contribution in [0, 0.1) is 0 Å². The van der Waals surface area contributed by atoms with Gasteiger partial charge >= 0.3 is 5.97 Å². The van der Waals surface area contributed by atoms with Gasteiger partial charge in [-0.2, -0.15) is 5.10 Å². The lowest BCUT2D eigenvalue weighted by Gasteiger charge is -2.08. The van der Waals surface area contributed by atoms with Crippen LogP contribution in [0.15, 0.2) is 35.5 Å². The second-order valence-corrected chi connectivity index (χ2v) is 6.84. The summed E-state index contributed by atoms with van der Waals surface area (Å²) in [5.41, 5.74) is 1.56. The van der Waals surface area contributed by atoms with Gasteiger partial charge in [-0.15, -0.1) is 0 Å². The van der Waals surface area contributed by atoms with Crippen LogP contribution in [-0.2, 0) is 16.6 Å². The average Bonchev–Trinajstić information content (AvgIpc) is 2.96. The van der Waals surface area contributed by atoms with Crippen LogP contribution in [0.4, 0.5) is 0 Å². The Morgan fingerprint density at radius 3 is 2.50 bits per heavy atom. The molecule has 0 saturated heterocycles. The minimum Gasteiger partial charge on any atom is -0.478 e. The van der Waals surface area contributed by atoms with E-state index in [0.29, 0.717) is 5.92 Å². The first-order valence-corrected chi connectivity index (χ1v) is 8.14. The fraction of sp³-hybridized carbons (Fsp3) is 0.286. The molecule has 0 bridgehead atoms. The number of H-pyrrole nitrogens is 1. The molecule has 0 radical (unpaired) electrons. The van der Waals surface area contributed by atoms with Gasteiger partial charge in [-0.05, 0) is 17.0 Å². The number of hydrogen-bond donors (Lipinski definition) is 3. The van der Waals surface area contributed by atoms with E-state index in [1.807, 2.05) is 24.3 Å². The summed E-state index contributed by atoms with van der Waals surface area (Å²) in [5.74, 6) is -0.954. The van der Waals surface area contributed by atoms with Gasteiger partial charge in [0.25, 0.3) is 10.0 Å². The highest BCUT2D eigenvalue weighted by atomic mass is 32.2. The molecule has 0 spiro atoms. The van der Waals surface area contributed by atoms with E-state index >= 15 is 0 Å². The second kappa shape index (κ2) is 6.29. The molecule has 22 heavy (non-hydrogen) atoms. The zero-order chi connectivity index (χ0) is 16.3. The number of carboxylic acids is 1. The van der Waals surface area contributed by atoms with Crippen LogP contribution in [0.3, 0.4) is 0 Å². The Labute approximate surface area is 128 Å². The van der Waals surface area contributed by atoms with Gasteiger partial charge in [0.05, 0.1) is 6.20 Å². The average molecular weight is 323 g/mol. The molecule has 1 heterocycles. The predicted octanol–water partition coefficient (Wildman–Crippen LogP) is 1.71. The van der Waals surface area contributed by atoms with Gasteiger partial charge in [-0.1, -0.05) is 38.1 Å². The molecule has 0 saturated carbocycles. The minimum absolute atomic E-state index is 0.0682. The van der Waals surface area contributed by atoms with Gasteiger partial charge in [0.1, 0.15) is 5.56 Å². The monoisotopic (exact) mass is 323 g/mol. The molecule has 3 N–H and O–H groups in total. The summed E-state index contributed by atoms with van der Waals surface area (Å²) >= 11 is 0. The number of aromatic nitrogens is 2. The lowest BCUT2D eigenvalue weighted by atomic mass is 10.0. The summed E-state index contributed by atoms with van der Waals surface area (Å²) in [6.45, 7) is 4.21. The molecule has 0 aliphatic rings. The maximum absolute atomic E-state index is 12.1. The van der Waals surface area contributed by atoms with Crippen molar-refractivity contribution in [1.82, 2.24) is 14.9 Å². The van der Waals surface area contributed by atoms with Gasteiger partial charge in [0.2, 0.25) is 0 Å². The molecule has 118 valence electrons. The molecule has 2 rings (SSSR count). The maximum atomic E-state index is 12.1. The number of aromatic carboxylic acids is 1. The van der Waals surface area contributed by atoms with Crippen LogP contribution in [0.1, 0.15) is 41.3 Å². The summed E-state index contributed by atoms with van der Waals surface area (Å²) < 4.78 is 26.6. The number of nitrogens with zero attached hydrogens (tertiary/aromatic N) is 1. The Morgan fingerprint density at radius 1 is 1.32 bits per heavy atom. The van der Waals surface area contributed by atoms with Gasteiger partial charge in [-0.3, -0.25) is 5.10 Å². The molecule has 7 nitrogen and oxygen atoms in total. The first-order valence-electron chi connectivity index (χ1n) is 6.66. The van der Waals surface area contributed by atoms with Crippen molar-refractivity contribution in [3.8, 4) is 0 Å². The number of aromatic amines is 1. The molecule has 0 aliphatic heterocycles. The van der Waals surface area contributed by atoms with Crippen molar-refractivity contribution < 1.29 is 18.3 Å². The highest BCUT2D eigenvalue weighted by Crippen LogP contribution is 2.16. The SMILES string of the molecule is CC(C)c1ccc(CNS(=O)(=O)c2[nH]ncc2C(=O)O)cc1. The zero-order valence-corrected chi connectivity index (χ0v) is 13.0. The molecule has 1 aromatic carbocycles. The van der Waals surface area contributed by atoms with Gasteiger partial charge in [0.15, 0.2) is 5.03 Å².